The van der Waals surface area contributed by atoms with E-state index < -0.39 is 24.3 Å². The normalized spacial score (nSPS) is 13.7. The Labute approximate surface area is 484 Å². The molecule has 0 bridgehead atoms. The van der Waals surface area contributed by atoms with Gasteiger partial charge in [0.25, 0.3) is 6.29 Å². The number of aliphatic carboxylic acids is 1. The fourth-order valence-electron chi connectivity index (χ4n) is 8.16. The Bertz CT molecular complexity index is 1750. The quantitative estimate of drug-likeness (QED) is 0.0211. The summed E-state index contributed by atoms with van der Waals surface area (Å²) in [7, 11) is 5.96. The maximum Gasteiger partial charge on any atom is 0.361 e. The van der Waals surface area contributed by atoms with Gasteiger partial charge in [0.1, 0.15) is 13.2 Å². The van der Waals surface area contributed by atoms with Crippen LogP contribution < -0.4 is 0 Å². The number of allylic oxidation sites excluding steroid dienone is 22. The van der Waals surface area contributed by atoms with Crippen LogP contribution in [0.2, 0.25) is 0 Å². The zero-order chi connectivity index (χ0) is 57.6. The number of hydrogen-bond donors (Lipinski definition) is 1. The van der Waals surface area contributed by atoms with Crippen molar-refractivity contribution in [3.05, 3.63) is 134 Å². The van der Waals surface area contributed by atoms with Crippen LogP contribution >= 0.6 is 0 Å². The predicted octanol–water partition coefficient (Wildman–Crippen LogP) is 19.0. The molecule has 0 radical (unpaired) electrons. The maximum atomic E-state index is 12.9. The summed E-state index contributed by atoms with van der Waals surface area (Å²) in [6.07, 6.45) is 82.5. The Hall–Kier alpha value is -4.57. The zero-order valence-electron chi connectivity index (χ0n) is 51.0. The fraction of sp³-hybridized carbons (Fsp3) is 0.643. The standard InChI is InChI=1S/C70H115NO8/c1-6-8-10-12-14-16-18-20-22-24-26-28-30-32-33-34-35-37-38-40-42-44-46-48-50-52-54-56-58-60-67(72)77-64-66(65-78-70(69(74)75)76-63-62-71(3,4)5)79-68(73)61-59-57-55-53-51-49-47-45-43-41-39-36-31-29-27-25-23-21-19-17-15-13-11-9-7-2/h8-11,14-17,20-23,26-29,32-33,36,39,43,45,66,70H,6-7,12-13,18-19,24-25,30-31,34-35,37-38,40-42,44,46-65H2,1-5H3/p+1/b10-8-,11-9-,16-14-,17-15-,22-20-,23-21-,28-26-,29-27-,33-32-,39-36-,45-43-. The molecule has 0 aliphatic rings. The Morgan fingerprint density at radius 1 is 0.380 bits per heavy atom. The molecule has 9 heteroatoms. The number of carbonyl (C=O) groups excluding carboxylic acids is 2. The molecule has 9 nitrogen and oxygen atoms in total. The summed E-state index contributed by atoms with van der Waals surface area (Å²) < 4.78 is 22.9. The molecule has 448 valence electrons. The van der Waals surface area contributed by atoms with Crippen molar-refractivity contribution in [1.29, 1.82) is 0 Å². The van der Waals surface area contributed by atoms with E-state index in [1.54, 1.807) is 0 Å². The summed E-state index contributed by atoms with van der Waals surface area (Å²) in [5.74, 6) is -2.04. The van der Waals surface area contributed by atoms with E-state index in [1.165, 1.54) is 70.6 Å². The van der Waals surface area contributed by atoms with Gasteiger partial charge in [0.05, 0.1) is 34.4 Å². The predicted molar refractivity (Wildman–Crippen MR) is 336 cm³/mol. The topological polar surface area (TPSA) is 108 Å². The average Bonchev–Trinajstić information content (AvgIpc) is 3.42. The number of quaternary nitrogens is 1. The van der Waals surface area contributed by atoms with Gasteiger partial charge >= 0.3 is 17.9 Å². The summed E-state index contributed by atoms with van der Waals surface area (Å²) in [6, 6.07) is 0. The van der Waals surface area contributed by atoms with Gasteiger partial charge in [0.15, 0.2) is 6.10 Å². The van der Waals surface area contributed by atoms with Gasteiger partial charge in [-0.1, -0.05) is 244 Å². The molecule has 0 heterocycles. The first kappa shape index (κ1) is 74.4. The number of hydrogen-bond acceptors (Lipinski definition) is 7. The lowest BCUT2D eigenvalue weighted by Gasteiger charge is -2.25. The van der Waals surface area contributed by atoms with Crippen molar-refractivity contribution < 1.29 is 42.9 Å². The molecular weight excluding hydrogens is 983 g/mol. The van der Waals surface area contributed by atoms with E-state index in [9.17, 15) is 19.5 Å². The van der Waals surface area contributed by atoms with E-state index in [-0.39, 0.29) is 38.6 Å². The second-order valence-electron chi connectivity index (χ2n) is 21.6. The molecule has 0 saturated heterocycles. The van der Waals surface area contributed by atoms with Crippen LogP contribution in [0.3, 0.4) is 0 Å². The van der Waals surface area contributed by atoms with Crippen LogP contribution in [0.1, 0.15) is 232 Å². The van der Waals surface area contributed by atoms with Gasteiger partial charge in [-0.3, -0.25) is 9.59 Å². The molecular formula is C70H116NO8+. The van der Waals surface area contributed by atoms with Crippen molar-refractivity contribution in [3.8, 4) is 0 Å². The highest BCUT2D eigenvalue weighted by Gasteiger charge is 2.25. The van der Waals surface area contributed by atoms with Crippen LogP contribution in [-0.2, 0) is 33.3 Å². The highest BCUT2D eigenvalue weighted by Crippen LogP contribution is 2.15. The summed E-state index contributed by atoms with van der Waals surface area (Å²) in [4.78, 5) is 37.5. The van der Waals surface area contributed by atoms with E-state index in [4.69, 9.17) is 18.9 Å². The second-order valence-corrected chi connectivity index (χ2v) is 21.6. The van der Waals surface area contributed by atoms with Gasteiger partial charge in [0.2, 0.25) is 0 Å². The van der Waals surface area contributed by atoms with E-state index in [0.717, 1.165) is 128 Å². The molecule has 0 aliphatic carbocycles. The van der Waals surface area contributed by atoms with Crippen molar-refractivity contribution >= 4 is 17.9 Å². The Morgan fingerprint density at radius 2 is 0.684 bits per heavy atom. The van der Waals surface area contributed by atoms with E-state index >= 15 is 0 Å². The molecule has 2 atom stereocenters. The van der Waals surface area contributed by atoms with Gasteiger partial charge in [0, 0.05) is 12.8 Å². The summed E-state index contributed by atoms with van der Waals surface area (Å²) in [5.41, 5.74) is 0. The van der Waals surface area contributed by atoms with Crippen LogP contribution in [0.25, 0.3) is 0 Å². The third kappa shape index (κ3) is 60.9. The molecule has 0 aromatic rings. The number of nitrogens with zero attached hydrogens (tertiary/aromatic N) is 1. The molecule has 0 saturated carbocycles. The largest absolute Gasteiger partial charge is 0.477 e. The number of ether oxygens (including phenoxy) is 4. The lowest BCUT2D eigenvalue weighted by atomic mass is 10.0. The number of likely N-dealkylation sites (N-methyl/N-ethyl adjacent to an activating group) is 1. The van der Waals surface area contributed by atoms with E-state index in [1.807, 2.05) is 21.1 Å². The van der Waals surface area contributed by atoms with Gasteiger partial charge in [-0.2, -0.15) is 0 Å². The monoisotopic (exact) mass is 1100 g/mol. The molecule has 0 amide bonds. The molecule has 79 heavy (non-hydrogen) atoms. The minimum absolute atomic E-state index is 0.177. The maximum absolute atomic E-state index is 12.9. The SMILES string of the molecule is CC/C=C\C/C=C\C/C=C\C/C=C\C/C=C\C/C=C\CCCCCCCCC(=O)OC(COC(=O)CCCCCCCCCCCCCCC/C=C\C/C=C\C/C=C\C/C=C\C/C=C\CC)COC(OCC[N+](C)(C)C)C(=O)O. The zero-order valence-corrected chi connectivity index (χ0v) is 51.0. The number of carboxylic acids is 1. The van der Waals surface area contributed by atoms with E-state index in [2.05, 4.69) is 148 Å². The van der Waals surface area contributed by atoms with Gasteiger partial charge in [-0.05, 0) is 109 Å². The van der Waals surface area contributed by atoms with Crippen LogP contribution in [0.15, 0.2) is 134 Å². The molecule has 0 aromatic heterocycles. The van der Waals surface area contributed by atoms with Crippen molar-refractivity contribution in [2.75, 3.05) is 47.5 Å². The fourth-order valence-corrected chi connectivity index (χ4v) is 8.16. The van der Waals surface area contributed by atoms with Crippen molar-refractivity contribution in [2.24, 2.45) is 0 Å². The number of esters is 2. The van der Waals surface area contributed by atoms with Crippen molar-refractivity contribution in [2.45, 2.75) is 245 Å². The van der Waals surface area contributed by atoms with Crippen LogP contribution in [0.4, 0.5) is 0 Å². The smallest absolute Gasteiger partial charge is 0.361 e. The molecule has 0 rings (SSSR count). The first-order valence-electron chi connectivity index (χ1n) is 31.3. The number of unbranched alkanes of at least 4 members (excludes halogenated alkanes) is 19. The minimum Gasteiger partial charge on any atom is -0.477 e. The first-order valence-corrected chi connectivity index (χ1v) is 31.3. The Kier molecular flexibility index (Phi) is 56.1. The highest BCUT2D eigenvalue weighted by molar-refractivity contribution is 5.71. The van der Waals surface area contributed by atoms with Crippen molar-refractivity contribution in [3.63, 3.8) is 0 Å². The van der Waals surface area contributed by atoms with Crippen LogP contribution in [0, 0.1) is 0 Å². The Morgan fingerprint density at radius 3 is 1.01 bits per heavy atom. The average molecular weight is 1100 g/mol. The van der Waals surface area contributed by atoms with Crippen LogP contribution in [0.5, 0.6) is 0 Å². The van der Waals surface area contributed by atoms with Crippen LogP contribution in [-0.4, -0.2) is 87.4 Å². The molecule has 0 spiro atoms. The second kappa shape index (κ2) is 59.5. The van der Waals surface area contributed by atoms with Gasteiger partial charge in [-0.15, -0.1) is 0 Å². The molecule has 0 aliphatic heterocycles. The number of carboxylic acid groups (broad SMARTS) is 1. The van der Waals surface area contributed by atoms with Gasteiger partial charge in [-0.25, -0.2) is 4.79 Å². The third-order valence-electron chi connectivity index (χ3n) is 12.9. The van der Waals surface area contributed by atoms with E-state index in [0.29, 0.717) is 17.4 Å². The lowest BCUT2D eigenvalue weighted by Crippen LogP contribution is -2.40. The van der Waals surface area contributed by atoms with Gasteiger partial charge < -0.3 is 28.5 Å². The summed E-state index contributed by atoms with van der Waals surface area (Å²) >= 11 is 0. The van der Waals surface area contributed by atoms with Crippen molar-refractivity contribution in [1.82, 2.24) is 0 Å². The molecule has 1 N–H and O–H groups in total. The summed E-state index contributed by atoms with van der Waals surface area (Å²) in [5, 5.41) is 9.73. The summed E-state index contributed by atoms with van der Waals surface area (Å²) in [6.45, 7) is 4.62. The number of rotatable bonds is 56. The first-order chi connectivity index (χ1) is 38.6. The molecule has 0 fully saturated rings. The Balaban J connectivity index is 4.25. The molecule has 0 aromatic carbocycles. The third-order valence-corrected chi connectivity index (χ3v) is 12.9. The minimum atomic E-state index is -1.52. The lowest BCUT2D eigenvalue weighted by molar-refractivity contribution is -0.870. The molecule has 2 unspecified atom stereocenters. The highest BCUT2D eigenvalue weighted by atomic mass is 16.7. The number of carbonyl (C=O) groups is 3.